The van der Waals surface area contributed by atoms with Gasteiger partial charge in [0.1, 0.15) is 17.6 Å². The van der Waals surface area contributed by atoms with Crippen LogP contribution in [0.1, 0.15) is 35.9 Å². The molecular weight excluding hydrogens is 202 g/mol. The molecule has 3 rings (SSSR count). The number of H-pyrrole nitrogens is 1. The Kier molecular flexibility index (Phi) is 2.29. The fourth-order valence-corrected chi connectivity index (χ4v) is 2.19. The maximum atomic E-state index is 5.78. The van der Waals surface area contributed by atoms with Crippen LogP contribution in [0.4, 0.5) is 0 Å². The van der Waals surface area contributed by atoms with E-state index in [9.17, 15) is 0 Å². The molecule has 0 aliphatic carbocycles. The van der Waals surface area contributed by atoms with Gasteiger partial charge in [-0.15, -0.1) is 0 Å². The van der Waals surface area contributed by atoms with Gasteiger partial charge < -0.3 is 14.7 Å². The van der Waals surface area contributed by atoms with E-state index < -0.39 is 0 Å². The van der Waals surface area contributed by atoms with Crippen LogP contribution in [0.3, 0.4) is 0 Å². The minimum Gasteiger partial charge on any atom is -0.464 e. The zero-order valence-electron chi connectivity index (χ0n) is 9.29. The first kappa shape index (κ1) is 9.66. The molecule has 1 unspecified atom stereocenters. The molecule has 0 fully saturated rings. The van der Waals surface area contributed by atoms with Gasteiger partial charge in [-0.3, -0.25) is 0 Å². The number of hydrogen-bond acceptors (Lipinski definition) is 3. The zero-order valence-corrected chi connectivity index (χ0v) is 9.29. The summed E-state index contributed by atoms with van der Waals surface area (Å²) in [7, 11) is 0. The highest BCUT2D eigenvalue weighted by molar-refractivity contribution is 5.27. The van der Waals surface area contributed by atoms with E-state index in [-0.39, 0.29) is 6.04 Å². The average Bonchev–Trinajstić information content (AvgIpc) is 2.97. The molecule has 0 amide bonds. The van der Waals surface area contributed by atoms with Crippen LogP contribution in [0.25, 0.3) is 0 Å². The summed E-state index contributed by atoms with van der Waals surface area (Å²) in [4.78, 5) is 7.56. The van der Waals surface area contributed by atoms with Crippen molar-refractivity contribution in [3.63, 3.8) is 0 Å². The van der Waals surface area contributed by atoms with Crippen molar-refractivity contribution in [3.05, 3.63) is 41.4 Å². The van der Waals surface area contributed by atoms with Gasteiger partial charge in [-0.1, -0.05) is 6.92 Å². The van der Waals surface area contributed by atoms with Crippen molar-refractivity contribution in [2.24, 2.45) is 0 Å². The van der Waals surface area contributed by atoms with Crippen LogP contribution in [0, 0.1) is 0 Å². The first-order valence-electron chi connectivity index (χ1n) is 5.72. The third kappa shape index (κ3) is 1.46. The summed E-state index contributed by atoms with van der Waals surface area (Å²) in [6.45, 7) is 3.05. The molecule has 4 nitrogen and oxygen atoms in total. The number of aromatic amines is 1. The summed E-state index contributed by atoms with van der Waals surface area (Å²) in [5, 5.41) is 3.44. The molecule has 0 bridgehead atoms. The highest BCUT2D eigenvalue weighted by Crippen LogP contribution is 2.27. The minimum absolute atomic E-state index is 0.107. The molecule has 0 saturated heterocycles. The lowest BCUT2D eigenvalue weighted by Crippen LogP contribution is -2.30. The Morgan fingerprint density at radius 2 is 2.44 bits per heavy atom. The molecule has 1 aliphatic rings. The fraction of sp³-hybridized carbons (Fsp3) is 0.417. The van der Waals surface area contributed by atoms with E-state index in [0.717, 1.165) is 36.6 Å². The van der Waals surface area contributed by atoms with Crippen LogP contribution in [0.15, 0.2) is 22.9 Å². The van der Waals surface area contributed by atoms with E-state index in [1.807, 2.05) is 12.1 Å². The van der Waals surface area contributed by atoms with Crippen LogP contribution in [-0.2, 0) is 12.8 Å². The second-order valence-electron chi connectivity index (χ2n) is 4.06. The molecule has 0 aromatic carbocycles. The maximum absolute atomic E-state index is 5.78. The molecule has 1 atom stereocenters. The Morgan fingerprint density at radius 1 is 1.50 bits per heavy atom. The van der Waals surface area contributed by atoms with Crippen LogP contribution in [0.2, 0.25) is 0 Å². The predicted molar refractivity (Wildman–Crippen MR) is 60.2 cm³/mol. The zero-order chi connectivity index (χ0) is 11.0. The number of aromatic nitrogens is 2. The summed E-state index contributed by atoms with van der Waals surface area (Å²) < 4.78 is 5.78. The number of imidazole rings is 1. The topological polar surface area (TPSA) is 53.9 Å². The van der Waals surface area contributed by atoms with Crippen molar-refractivity contribution < 1.29 is 4.42 Å². The molecule has 2 N–H and O–H groups in total. The van der Waals surface area contributed by atoms with Gasteiger partial charge in [-0.05, 0) is 12.1 Å². The van der Waals surface area contributed by atoms with Gasteiger partial charge in [0.25, 0.3) is 0 Å². The SMILES string of the molecule is CCc1ccc(C2NCCc3[nH]cnc32)o1. The Bertz CT molecular complexity index is 486. The van der Waals surface area contributed by atoms with Crippen molar-refractivity contribution in [1.29, 1.82) is 0 Å². The van der Waals surface area contributed by atoms with E-state index in [0.29, 0.717) is 0 Å². The summed E-state index contributed by atoms with van der Waals surface area (Å²) in [5.74, 6) is 1.99. The van der Waals surface area contributed by atoms with Crippen LogP contribution in [-0.4, -0.2) is 16.5 Å². The number of hydrogen-bond donors (Lipinski definition) is 2. The molecule has 1 aliphatic heterocycles. The number of nitrogens with zero attached hydrogens (tertiary/aromatic N) is 1. The Morgan fingerprint density at radius 3 is 3.25 bits per heavy atom. The van der Waals surface area contributed by atoms with E-state index in [4.69, 9.17) is 4.42 Å². The third-order valence-electron chi connectivity index (χ3n) is 3.06. The molecule has 16 heavy (non-hydrogen) atoms. The number of furan rings is 1. The lowest BCUT2D eigenvalue weighted by molar-refractivity contribution is 0.409. The Labute approximate surface area is 94.1 Å². The van der Waals surface area contributed by atoms with Crippen LogP contribution in [0.5, 0.6) is 0 Å². The Balaban J connectivity index is 1.97. The number of nitrogens with one attached hydrogen (secondary N) is 2. The van der Waals surface area contributed by atoms with Crippen molar-refractivity contribution in [2.75, 3.05) is 6.54 Å². The molecule has 0 radical (unpaired) electrons. The highest BCUT2D eigenvalue weighted by Gasteiger charge is 2.25. The molecule has 3 heterocycles. The third-order valence-corrected chi connectivity index (χ3v) is 3.06. The van der Waals surface area contributed by atoms with Crippen LogP contribution >= 0.6 is 0 Å². The fourth-order valence-electron chi connectivity index (χ4n) is 2.19. The second-order valence-corrected chi connectivity index (χ2v) is 4.06. The average molecular weight is 217 g/mol. The molecule has 2 aromatic heterocycles. The molecule has 84 valence electrons. The van der Waals surface area contributed by atoms with Gasteiger partial charge >= 0.3 is 0 Å². The second kappa shape index (κ2) is 3.79. The van der Waals surface area contributed by atoms with Gasteiger partial charge in [0.2, 0.25) is 0 Å². The van der Waals surface area contributed by atoms with E-state index >= 15 is 0 Å². The van der Waals surface area contributed by atoms with Crippen LogP contribution < -0.4 is 5.32 Å². The molecule has 2 aromatic rings. The number of fused-ring (bicyclic) bond motifs is 1. The predicted octanol–water partition coefficient (Wildman–Crippen LogP) is 1.80. The quantitative estimate of drug-likeness (QED) is 0.806. The van der Waals surface area contributed by atoms with E-state index in [2.05, 4.69) is 22.2 Å². The molecule has 0 spiro atoms. The minimum atomic E-state index is 0.107. The van der Waals surface area contributed by atoms with Gasteiger partial charge in [0.05, 0.1) is 12.0 Å². The van der Waals surface area contributed by atoms with Gasteiger partial charge in [-0.2, -0.15) is 0 Å². The van der Waals surface area contributed by atoms with Gasteiger partial charge in [0, 0.05) is 25.1 Å². The normalized spacial score (nSPS) is 19.7. The number of aryl methyl sites for hydroxylation is 1. The Hall–Kier alpha value is -1.55. The maximum Gasteiger partial charge on any atom is 0.127 e. The molecule has 4 heteroatoms. The largest absolute Gasteiger partial charge is 0.464 e. The highest BCUT2D eigenvalue weighted by atomic mass is 16.3. The van der Waals surface area contributed by atoms with E-state index in [1.165, 1.54) is 5.69 Å². The summed E-state index contributed by atoms with van der Waals surface area (Å²) >= 11 is 0. The number of rotatable bonds is 2. The first-order valence-corrected chi connectivity index (χ1v) is 5.72. The van der Waals surface area contributed by atoms with Crippen molar-refractivity contribution in [2.45, 2.75) is 25.8 Å². The van der Waals surface area contributed by atoms with Crippen molar-refractivity contribution in [3.8, 4) is 0 Å². The monoisotopic (exact) mass is 217 g/mol. The van der Waals surface area contributed by atoms with Gasteiger partial charge in [-0.25, -0.2) is 4.98 Å². The lowest BCUT2D eigenvalue weighted by Gasteiger charge is -2.20. The van der Waals surface area contributed by atoms with E-state index in [1.54, 1.807) is 6.33 Å². The smallest absolute Gasteiger partial charge is 0.127 e. The van der Waals surface area contributed by atoms with Crippen molar-refractivity contribution in [1.82, 2.24) is 15.3 Å². The lowest BCUT2D eigenvalue weighted by atomic mass is 10.0. The summed E-state index contributed by atoms with van der Waals surface area (Å²) in [6.07, 6.45) is 3.70. The molecule has 0 saturated carbocycles. The summed E-state index contributed by atoms with van der Waals surface area (Å²) in [5.41, 5.74) is 2.29. The first-order chi connectivity index (χ1) is 7.88. The van der Waals surface area contributed by atoms with Gasteiger partial charge in [0.15, 0.2) is 0 Å². The van der Waals surface area contributed by atoms with Crippen molar-refractivity contribution >= 4 is 0 Å². The molecular formula is C12H15N3O. The summed E-state index contributed by atoms with van der Waals surface area (Å²) in [6, 6.07) is 4.19. The standard InChI is InChI=1S/C12H15N3O/c1-2-8-3-4-10(16-8)12-11-9(5-6-13-12)14-7-15-11/h3-4,7,12-13H,2,5-6H2,1H3,(H,14,15).